The van der Waals surface area contributed by atoms with Gasteiger partial charge in [-0.2, -0.15) is 0 Å². The smallest absolute Gasteiger partial charge is 0.315 e. The van der Waals surface area contributed by atoms with Gasteiger partial charge in [0, 0.05) is 25.8 Å². The number of hydrogen-bond acceptors (Lipinski definition) is 5. The predicted octanol–water partition coefficient (Wildman–Crippen LogP) is 5.48. The van der Waals surface area contributed by atoms with E-state index in [-0.39, 0.29) is 42.5 Å². The fraction of sp³-hybridized carbons (Fsp3) is 0.531. The number of nitrogens with zero attached hydrogens (tertiary/aromatic N) is 1. The molecule has 2 aromatic rings. The Labute approximate surface area is 252 Å². The maximum absolute atomic E-state index is 14.2. The highest BCUT2D eigenvalue weighted by atomic mass is 31.1. The zero-order chi connectivity index (χ0) is 30.8. The molecule has 0 fully saturated rings. The SMILES string of the molecule is COC[C@@H](C)NC(=O)NCCCC[C@](CC(C)C)(C(=O)Nc1ccccc1)N(C[PH2]=O)C(=O)CCCc1ccccc1. The van der Waals surface area contributed by atoms with Gasteiger partial charge in [-0.3, -0.25) is 9.59 Å². The lowest BCUT2D eigenvalue weighted by Gasteiger charge is -2.43. The first-order chi connectivity index (χ1) is 20.2. The maximum atomic E-state index is 14.2. The summed E-state index contributed by atoms with van der Waals surface area (Å²) < 4.78 is 17.2. The van der Waals surface area contributed by atoms with E-state index in [4.69, 9.17) is 4.74 Å². The van der Waals surface area contributed by atoms with Crippen molar-refractivity contribution in [1.29, 1.82) is 0 Å². The molecule has 42 heavy (non-hydrogen) atoms. The number of rotatable bonds is 19. The molecule has 0 aliphatic carbocycles. The third-order valence-electron chi connectivity index (χ3n) is 7.07. The molecule has 4 amide bonds. The first-order valence-electron chi connectivity index (χ1n) is 14.9. The average molecular weight is 601 g/mol. The second-order valence-electron chi connectivity index (χ2n) is 11.2. The normalized spacial score (nSPS) is 13.5. The van der Waals surface area contributed by atoms with Crippen LogP contribution in [0.4, 0.5) is 10.5 Å². The highest BCUT2D eigenvalue weighted by molar-refractivity contribution is 7.23. The van der Waals surface area contributed by atoms with Crippen LogP contribution in [-0.2, 0) is 25.3 Å². The molecule has 2 rings (SSSR count). The second-order valence-corrected chi connectivity index (χ2v) is 11.9. The third kappa shape index (κ3) is 12.0. The number of carbonyl (C=O) groups excluding carboxylic acids is 3. The predicted molar refractivity (Wildman–Crippen MR) is 170 cm³/mol. The highest BCUT2D eigenvalue weighted by Crippen LogP contribution is 2.34. The van der Waals surface area contributed by atoms with Gasteiger partial charge in [0.15, 0.2) is 0 Å². The van der Waals surface area contributed by atoms with Gasteiger partial charge in [0.05, 0.1) is 27.4 Å². The summed E-state index contributed by atoms with van der Waals surface area (Å²) in [6, 6.07) is 18.8. The van der Waals surface area contributed by atoms with Crippen molar-refractivity contribution in [2.75, 3.05) is 31.9 Å². The van der Waals surface area contributed by atoms with Crippen LogP contribution in [0, 0.1) is 5.92 Å². The molecule has 0 aromatic heterocycles. The molecule has 1 unspecified atom stereocenters. The number of unbranched alkanes of at least 4 members (excludes halogenated alkanes) is 1. The fourth-order valence-electron chi connectivity index (χ4n) is 5.24. The van der Waals surface area contributed by atoms with Crippen LogP contribution in [0.25, 0.3) is 0 Å². The summed E-state index contributed by atoms with van der Waals surface area (Å²) in [5.74, 6) is -0.340. The van der Waals surface area contributed by atoms with Gasteiger partial charge in [0.2, 0.25) is 11.8 Å². The number of methoxy groups -OCH3 is 1. The quantitative estimate of drug-likeness (QED) is 0.146. The van der Waals surface area contributed by atoms with E-state index in [1.165, 1.54) is 0 Å². The standard InChI is InChI=1S/C32H49N4O5P/c1-25(2)22-32(30(38)35-28-17-9-6-10-18-28,20-11-12-21-33-31(39)34-26(3)23-41-4)36(24-42-40)29(37)19-13-16-27-14-7-5-8-15-27/h5-10,14-15,17-18,25-26H,11-13,16,19-24,42H2,1-4H3,(H,35,38)(H2,33,34,39)/t26-,32+/m1/s1. The lowest BCUT2D eigenvalue weighted by molar-refractivity contribution is -0.146. The van der Waals surface area contributed by atoms with Gasteiger partial charge in [0.1, 0.15) is 5.54 Å². The van der Waals surface area contributed by atoms with Crippen molar-refractivity contribution >= 4 is 32.0 Å². The van der Waals surface area contributed by atoms with Gasteiger partial charge in [-0.25, -0.2) is 4.79 Å². The van der Waals surface area contributed by atoms with E-state index < -0.39 is 14.0 Å². The summed E-state index contributed by atoms with van der Waals surface area (Å²) in [4.78, 5) is 41.7. The molecule has 0 aliphatic rings. The number of urea groups is 1. The molecular weight excluding hydrogens is 551 g/mol. The second kappa shape index (κ2) is 19.1. The van der Waals surface area contributed by atoms with Gasteiger partial charge in [-0.1, -0.05) is 62.4 Å². The Balaban J connectivity index is 2.23. The zero-order valence-electron chi connectivity index (χ0n) is 25.6. The average Bonchev–Trinajstić information content (AvgIpc) is 2.96. The van der Waals surface area contributed by atoms with Crippen molar-refractivity contribution in [3.63, 3.8) is 0 Å². The molecule has 232 valence electrons. The van der Waals surface area contributed by atoms with E-state index in [9.17, 15) is 18.9 Å². The van der Waals surface area contributed by atoms with E-state index in [0.717, 1.165) is 12.0 Å². The largest absolute Gasteiger partial charge is 0.383 e. The fourth-order valence-corrected chi connectivity index (χ4v) is 5.95. The first-order valence-corrected chi connectivity index (χ1v) is 16.2. The molecule has 0 aliphatic heterocycles. The molecule has 3 N–H and O–H groups in total. The molecular formula is C32H49N4O5P. The van der Waals surface area contributed by atoms with E-state index in [1.54, 1.807) is 12.0 Å². The van der Waals surface area contributed by atoms with Crippen LogP contribution >= 0.6 is 8.46 Å². The maximum Gasteiger partial charge on any atom is 0.315 e. The summed E-state index contributed by atoms with van der Waals surface area (Å²) in [6.07, 6.45) is 3.69. The Hall–Kier alpha value is -3.16. The van der Waals surface area contributed by atoms with E-state index in [0.29, 0.717) is 50.9 Å². The Morgan fingerprint density at radius 2 is 1.62 bits per heavy atom. The van der Waals surface area contributed by atoms with Gasteiger partial charge in [-0.15, -0.1) is 0 Å². The lowest BCUT2D eigenvalue weighted by Crippen LogP contribution is -2.59. The highest BCUT2D eigenvalue weighted by Gasteiger charge is 2.45. The monoisotopic (exact) mass is 600 g/mol. The molecule has 0 spiro atoms. The van der Waals surface area contributed by atoms with Crippen LogP contribution in [-0.4, -0.2) is 60.9 Å². The first kappa shape index (κ1) is 35.0. The third-order valence-corrected chi connectivity index (χ3v) is 7.59. The molecule has 2 aromatic carbocycles. The number of hydrogen-bond donors (Lipinski definition) is 3. The number of ether oxygens (including phenoxy) is 1. The van der Waals surface area contributed by atoms with Crippen LogP contribution in [0.1, 0.15) is 64.9 Å². The lowest BCUT2D eigenvalue weighted by atomic mass is 9.81. The number of para-hydroxylation sites is 1. The Kier molecular flexibility index (Phi) is 15.9. The molecule has 0 saturated carbocycles. The van der Waals surface area contributed by atoms with Gasteiger partial charge in [-0.05, 0) is 69.1 Å². The van der Waals surface area contributed by atoms with Gasteiger partial charge < -0.3 is 30.2 Å². The molecule has 3 atom stereocenters. The molecule has 0 saturated heterocycles. The van der Waals surface area contributed by atoms with Crippen molar-refractivity contribution < 1.29 is 23.7 Å². The summed E-state index contributed by atoms with van der Waals surface area (Å²) in [5.41, 5.74) is 0.611. The van der Waals surface area contributed by atoms with Crippen LogP contribution in [0.2, 0.25) is 0 Å². The molecule has 0 radical (unpaired) electrons. The van der Waals surface area contributed by atoms with Crippen molar-refractivity contribution in [2.24, 2.45) is 5.92 Å². The number of anilines is 1. The van der Waals surface area contributed by atoms with Gasteiger partial charge in [0.25, 0.3) is 0 Å². The van der Waals surface area contributed by atoms with Crippen LogP contribution in [0.5, 0.6) is 0 Å². The minimum absolute atomic E-state index is 0.0388. The summed E-state index contributed by atoms with van der Waals surface area (Å²) in [5, 5.41) is 8.71. The number of amides is 4. The summed E-state index contributed by atoms with van der Waals surface area (Å²) >= 11 is 0. The summed E-state index contributed by atoms with van der Waals surface area (Å²) in [6.45, 7) is 6.75. The van der Waals surface area contributed by atoms with E-state index in [2.05, 4.69) is 16.0 Å². The van der Waals surface area contributed by atoms with Crippen molar-refractivity contribution in [2.45, 2.75) is 77.3 Å². The number of aryl methyl sites for hydroxylation is 1. The van der Waals surface area contributed by atoms with Crippen LogP contribution in [0.15, 0.2) is 60.7 Å². The number of nitrogens with one attached hydrogen (secondary N) is 3. The molecule has 10 heteroatoms. The topological polar surface area (TPSA) is 117 Å². The molecule has 0 bridgehead atoms. The Morgan fingerprint density at radius 3 is 2.24 bits per heavy atom. The minimum Gasteiger partial charge on any atom is -0.383 e. The summed E-state index contributed by atoms with van der Waals surface area (Å²) in [7, 11) is 0.289. The van der Waals surface area contributed by atoms with Crippen LogP contribution in [0.3, 0.4) is 0 Å². The Bertz CT molecular complexity index is 1100. The van der Waals surface area contributed by atoms with E-state index in [1.807, 2.05) is 81.4 Å². The van der Waals surface area contributed by atoms with Gasteiger partial charge >= 0.3 is 6.03 Å². The van der Waals surface area contributed by atoms with Crippen molar-refractivity contribution in [3.8, 4) is 0 Å². The molecule has 0 heterocycles. The van der Waals surface area contributed by atoms with Crippen LogP contribution < -0.4 is 16.0 Å². The molecule has 9 nitrogen and oxygen atoms in total. The number of carbonyl (C=O) groups is 3. The van der Waals surface area contributed by atoms with E-state index >= 15 is 0 Å². The van der Waals surface area contributed by atoms with Crippen molar-refractivity contribution in [3.05, 3.63) is 66.2 Å². The van der Waals surface area contributed by atoms with Crippen molar-refractivity contribution in [1.82, 2.24) is 15.5 Å². The minimum atomic E-state index is -1.29. The zero-order valence-corrected chi connectivity index (χ0v) is 26.7. The Morgan fingerprint density at radius 1 is 0.952 bits per heavy atom. The number of benzene rings is 2.